The van der Waals surface area contributed by atoms with Crippen molar-refractivity contribution in [1.29, 1.82) is 0 Å². The smallest absolute Gasteiger partial charge is 0.408 e. The van der Waals surface area contributed by atoms with Gasteiger partial charge in [-0.15, -0.1) is 0 Å². The number of ether oxygens (including phenoxy) is 2. The number of carboxylic acids is 1. The van der Waals surface area contributed by atoms with Gasteiger partial charge in [-0.25, -0.2) is 9.59 Å². The van der Waals surface area contributed by atoms with Gasteiger partial charge < -0.3 is 36.3 Å². The molecule has 0 fully saturated rings. The number of amides is 4. The molecular formula is C27H42N4O8. The third-order valence-electron chi connectivity index (χ3n) is 5.08. The lowest BCUT2D eigenvalue weighted by Crippen LogP contribution is -2.61. The van der Waals surface area contributed by atoms with E-state index < -0.39 is 58.6 Å². The average Bonchev–Trinajstić information content (AvgIpc) is 2.74. The quantitative estimate of drug-likeness (QED) is 0.261. The molecule has 0 aliphatic heterocycles. The molecule has 0 aromatic heterocycles. The normalized spacial score (nSPS) is 13.4. The number of nitrogens with two attached hydrogens (primary N) is 1. The Morgan fingerprint density at radius 3 is 1.90 bits per heavy atom. The van der Waals surface area contributed by atoms with E-state index in [0.29, 0.717) is 11.3 Å². The van der Waals surface area contributed by atoms with Crippen LogP contribution >= 0.6 is 0 Å². The monoisotopic (exact) mass is 550 g/mol. The predicted molar refractivity (Wildman–Crippen MR) is 144 cm³/mol. The molecule has 6 N–H and O–H groups in total. The first-order valence-corrected chi connectivity index (χ1v) is 12.6. The molecule has 218 valence electrons. The summed E-state index contributed by atoms with van der Waals surface area (Å²) in [6.45, 7) is 13.6. The molecule has 1 aromatic carbocycles. The molecule has 0 saturated carbocycles. The summed E-state index contributed by atoms with van der Waals surface area (Å²) in [6, 6.07) is 4.49. The van der Waals surface area contributed by atoms with E-state index in [4.69, 9.17) is 15.2 Å². The van der Waals surface area contributed by atoms with Crippen LogP contribution in [0.15, 0.2) is 24.3 Å². The van der Waals surface area contributed by atoms with E-state index in [2.05, 4.69) is 16.0 Å². The molecular weight excluding hydrogens is 508 g/mol. The zero-order valence-corrected chi connectivity index (χ0v) is 24.0. The van der Waals surface area contributed by atoms with Gasteiger partial charge in [-0.1, -0.05) is 12.1 Å². The van der Waals surface area contributed by atoms with Crippen molar-refractivity contribution in [2.24, 2.45) is 5.73 Å². The van der Waals surface area contributed by atoms with Crippen LogP contribution in [-0.4, -0.2) is 63.7 Å². The van der Waals surface area contributed by atoms with Crippen LogP contribution in [0, 0.1) is 0 Å². The number of rotatable bonds is 12. The molecule has 0 aliphatic rings. The van der Waals surface area contributed by atoms with Crippen molar-refractivity contribution in [3.8, 4) is 5.75 Å². The van der Waals surface area contributed by atoms with Gasteiger partial charge in [0.15, 0.2) is 0 Å². The van der Waals surface area contributed by atoms with E-state index in [1.54, 1.807) is 45.0 Å². The lowest BCUT2D eigenvalue weighted by molar-refractivity contribution is -0.143. The van der Waals surface area contributed by atoms with Crippen molar-refractivity contribution in [3.05, 3.63) is 29.8 Å². The van der Waals surface area contributed by atoms with E-state index in [1.165, 1.54) is 13.8 Å². The Morgan fingerprint density at radius 1 is 0.872 bits per heavy atom. The number of hydrogen-bond donors (Lipinski definition) is 5. The molecule has 1 aromatic rings. The number of alkyl carbamates (subject to hydrolysis) is 1. The summed E-state index contributed by atoms with van der Waals surface area (Å²) >= 11 is 0. The first-order valence-electron chi connectivity index (χ1n) is 12.6. The summed E-state index contributed by atoms with van der Waals surface area (Å²) < 4.78 is 11.1. The molecule has 4 amide bonds. The number of benzene rings is 1. The van der Waals surface area contributed by atoms with E-state index in [9.17, 15) is 29.1 Å². The van der Waals surface area contributed by atoms with Crippen LogP contribution in [0.5, 0.6) is 5.75 Å². The average molecular weight is 551 g/mol. The molecule has 12 heteroatoms. The number of carboxylic acid groups (broad SMARTS) is 1. The van der Waals surface area contributed by atoms with Crippen molar-refractivity contribution >= 4 is 29.8 Å². The van der Waals surface area contributed by atoms with Crippen molar-refractivity contribution in [2.45, 2.75) is 103 Å². The number of carbonyl (C=O) groups excluding carboxylic acids is 4. The summed E-state index contributed by atoms with van der Waals surface area (Å²) in [5.41, 5.74) is 3.00. The van der Waals surface area contributed by atoms with Gasteiger partial charge in [-0.05, 0) is 79.5 Å². The van der Waals surface area contributed by atoms with Gasteiger partial charge in [0.1, 0.15) is 34.6 Å². The Labute approximate surface area is 229 Å². The molecule has 12 nitrogen and oxygen atoms in total. The van der Waals surface area contributed by atoms with Gasteiger partial charge >= 0.3 is 12.1 Å². The molecule has 1 rings (SSSR count). The second kappa shape index (κ2) is 13.3. The van der Waals surface area contributed by atoms with Crippen molar-refractivity contribution < 1.29 is 38.6 Å². The number of aliphatic carboxylic acids is 1. The van der Waals surface area contributed by atoms with Crippen molar-refractivity contribution in [2.75, 3.05) is 0 Å². The zero-order chi connectivity index (χ0) is 30.2. The van der Waals surface area contributed by atoms with Gasteiger partial charge in [-0.3, -0.25) is 14.4 Å². The Kier molecular flexibility index (Phi) is 11.3. The number of primary amides is 1. The van der Waals surface area contributed by atoms with Crippen molar-refractivity contribution in [1.82, 2.24) is 16.0 Å². The van der Waals surface area contributed by atoms with E-state index in [-0.39, 0.29) is 19.3 Å². The summed E-state index contributed by atoms with van der Waals surface area (Å²) in [6.07, 6.45) is -1.21. The fourth-order valence-electron chi connectivity index (χ4n) is 3.28. The van der Waals surface area contributed by atoms with Gasteiger partial charge in [0.05, 0.1) is 0 Å². The molecule has 0 bridgehead atoms. The number of carbonyl (C=O) groups is 5. The highest BCUT2D eigenvalue weighted by molar-refractivity contribution is 5.95. The SMILES string of the molecule is CC(C)(C)OC(=O)N[C@@H](Cc1ccc(OC(C)(C)C)cc1)C(=O)NC(C)(C)C(=O)N[C@@H](CCC(N)=O)C(=O)O. The topological polar surface area (TPSA) is 186 Å². The molecule has 0 aliphatic carbocycles. The van der Waals surface area contributed by atoms with E-state index >= 15 is 0 Å². The maximum atomic E-state index is 13.3. The minimum Gasteiger partial charge on any atom is -0.488 e. The van der Waals surface area contributed by atoms with Crippen LogP contribution in [0.4, 0.5) is 4.79 Å². The number of nitrogens with one attached hydrogen (secondary N) is 3. The van der Waals surface area contributed by atoms with Gasteiger partial charge in [0, 0.05) is 12.8 Å². The Balaban J connectivity index is 3.09. The highest BCUT2D eigenvalue weighted by atomic mass is 16.6. The van der Waals surface area contributed by atoms with Gasteiger partial charge in [-0.2, -0.15) is 0 Å². The lowest BCUT2D eigenvalue weighted by atomic mass is 10.00. The van der Waals surface area contributed by atoms with Crippen LogP contribution in [-0.2, 0) is 30.3 Å². The molecule has 0 radical (unpaired) electrons. The standard InChI is InChI=1S/C27H42N4O8/c1-25(2,3)38-17-11-9-16(10-12-17)15-19(30-24(37)39-26(4,5)6)21(33)31-27(7,8)23(36)29-18(22(34)35)13-14-20(28)32/h9-12,18-19H,13-15H2,1-8H3,(H2,28,32)(H,29,36)(H,30,37)(H,31,33)(H,34,35)/t18-,19-/m0/s1. The molecule has 0 unspecified atom stereocenters. The minimum absolute atomic E-state index is 0.0644. The summed E-state index contributed by atoms with van der Waals surface area (Å²) in [7, 11) is 0. The molecule has 2 atom stereocenters. The maximum Gasteiger partial charge on any atom is 0.408 e. The second-order valence-corrected chi connectivity index (χ2v) is 11.7. The fraction of sp³-hybridized carbons (Fsp3) is 0.593. The maximum absolute atomic E-state index is 13.3. The molecule has 0 spiro atoms. The first-order chi connectivity index (χ1) is 17.7. The van der Waals surface area contributed by atoms with Crippen LogP contribution < -0.4 is 26.4 Å². The Morgan fingerprint density at radius 2 is 1.44 bits per heavy atom. The molecule has 0 saturated heterocycles. The van der Waals surface area contributed by atoms with Crippen LogP contribution in [0.1, 0.15) is 73.8 Å². The summed E-state index contributed by atoms with van der Waals surface area (Å²) in [5, 5.41) is 16.8. The minimum atomic E-state index is -1.57. The second-order valence-electron chi connectivity index (χ2n) is 11.7. The van der Waals surface area contributed by atoms with Crippen LogP contribution in [0.3, 0.4) is 0 Å². The third-order valence-corrected chi connectivity index (χ3v) is 5.08. The van der Waals surface area contributed by atoms with E-state index in [0.717, 1.165) is 0 Å². The van der Waals surface area contributed by atoms with Crippen LogP contribution in [0.2, 0.25) is 0 Å². The fourth-order valence-corrected chi connectivity index (χ4v) is 3.28. The highest BCUT2D eigenvalue weighted by Gasteiger charge is 2.35. The summed E-state index contributed by atoms with van der Waals surface area (Å²) in [5.74, 6) is -2.92. The first kappa shape index (κ1) is 33.2. The molecule has 39 heavy (non-hydrogen) atoms. The Bertz CT molecular complexity index is 1040. The van der Waals surface area contributed by atoms with E-state index in [1.807, 2.05) is 20.8 Å². The zero-order valence-electron chi connectivity index (χ0n) is 24.0. The molecule has 0 heterocycles. The lowest BCUT2D eigenvalue weighted by Gasteiger charge is -2.30. The van der Waals surface area contributed by atoms with Crippen LogP contribution in [0.25, 0.3) is 0 Å². The van der Waals surface area contributed by atoms with Crippen molar-refractivity contribution in [3.63, 3.8) is 0 Å². The highest BCUT2D eigenvalue weighted by Crippen LogP contribution is 2.19. The van der Waals surface area contributed by atoms with Gasteiger partial charge in [0.25, 0.3) is 0 Å². The summed E-state index contributed by atoms with van der Waals surface area (Å²) in [4.78, 5) is 61.2. The van der Waals surface area contributed by atoms with Gasteiger partial charge in [0.2, 0.25) is 17.7 Å². The largest absolute Gasteiger partial charge is 0.488 e. The predicted octanol–water partition coefficient (Wildman–Crippen LogP) is 2.03. The third kappa shape index (κ3) is 13.0. The number of hydrogen-bond acceptors (Lipinski definition) is 7. The Hall–Kier alpha value is -3.83.